The number of allylic oxidation sites excluding steroid dienone is 2. The van der Waals surface area contributed by atoms with Crippen molar-refractivity contribution in [1.82, 2.24) is 4.98 Å². The Hall–Kier alpha value is -5.39. The molecule has 0 bridgehead atoms. The molecule has 2 aliphatic heterocycles. The van der Waals surface area contributed by atoms with Crippen molar-refractivity contribution >= 4 is 69.3 Å². The maximum atomic E-state index is 15.0. The van der Waals surface area contributed by atoms with Gasteiger partial charge in [-0.2, -0.15) is 0 Å². The van der Waals surface area contributed by atoms with Crippen molar-refractivity contribution in [3.8, 4) is 17.2 Å². The molecular formula is C39H25Cl2F2N3O6. The van der Waals surface area contributed by atoms with Gasteiger partial charge in [0.05, 0.1) is 23.2 Å². The first kappa shape index (κ1) is 32.5. The zero-order chi connectivity index (χ0) is 36.3. The zero-order valence-corrected chi connectivity index (χ0v) is 28.3. The Balaban J connectivity index is 1.12. The number of amides is 4. The Kier molecular flexibility index (Phi) is 7.07. The first-order valence-corrected chi connectivity index (χ1v) is 17.2. The summed E-state index contributed by atoms with van der Waals surface area (Å²) in [4.78, 5) is 59.1. The summed E-state index contributed by atoms with van der Waals surface area (Å²) in [6.45, 7) is 0. The van der Waals surface area contributed by atoms with E-state index < -0.39 is 74.4 Å². The summed E-state index contributed by atoms with van der Waals surface area (Å²) in [5.74, 6) is -9.10. The monoisotopic (exact) mass is 739 g/mol. The molecule has 2 saturated heterocycles. The van der Waals surface area contributed by atoms with E-state index in [-0.39, 0.29) is 24.1 Å². The van der Waals surface area contributed by atoms with E-state index in [1.54, 1.807) is 36.4 Å². The van der Waals surface area contributed by atoms with Gasteiger partial charge in [0.25, 0.3) is 11.8 Å². The van der Waals surface area contributed by atoms with E-state index in [0.717, 1.165) is 28.0 Å². The Morgan fingerprint density at radius 2 is 1.48 bits per heavy atom. The number of rotatable bonds is 4. The molecule has 9 rings (SSSR count). The first-order chi connectivity index (χ1) is 24.9. The molecule has 4 aromatic carbocycles. The van der Waals surface area contributed by atoms with Crippen LogP contribution in [-0.4, -0.2) is 43.5 Å². The summed E-state index contributed by atoms with van der Waals surface area (Å²) in [6.07, 6.45) is 1.42. The number of alkyl halides is 2. The van der Waals surface area contributed by atoms with Gasteiger partial charge < -0.3 is 9.52 Å². The molecule has 5 aromatic rings. The van der Waals surface area contributed by atoms with E-state index in [9.17, 15) is 33.1 Å². The van der Waals surface area contributed by atoms with Crippen LogP contribution in [0.2, 0.25) is 0 Å². The third kappa shape index (κ3) is 4.29. The number of hydrogen-bond donors (Lipinski definition) is 1. The van der Waals surface area contributed by atoms with Crippen molar-refractivity contribution < 1.29 is 37.5 Å². The first-order valence-electron chi connectivity index (χ1n) is 16.5. The van der Waals surface area contributed by atoms with Crippen molar-refractivity contribution in [2.45, 2.75) is 28.5 Å². The highest BCUT2D eigenvalue weighted by atomic mass is 35.5. The standard InChI is InChI=1S/C39H25Cl2F2N3O6/c40-38-18-26-23(31(25-4-3-5-27(43)32(25)47)39(38,41)37(51)46(36(38)50)22-14-10-20(42)11-15-22)16-17-24-30(26)35(49)45(34(24)48)21-12-8-19(9-13-21)33-44-28-6-1-2-7-29(28)52-33/h1-16,24,26,30-31,47H,17-18H2. The fourth-order valence-corrected chi connectivity index (χ4v) is 9.44. The highest BCUT2D eigenvalue weighted by molar-refractivity contribution is 6.58. The van der Waals surface area contributed by atoms with Crippen LogP contribution in [0.4, 0.5) is 20.2 Å². The maximum Gasteiger partial charge on any atom is 0.258 e. The van der Waals surface area contributed by atoms with Gasteiger partial charge in [0.15, 0.2) is 26.9 Å². The van der Waals surface area contributed by atoms with Crippen molar-refractivity contribution in [2.24, 2.45) is 17.8 Å². The number of halogens is 4. The van der Waals surface area contributed by atoms with Crippen molar-refractivity contribution in [2.75, 3.05) is 9.80 Å². The van der Waals surface area contributed by atoms with Gasteiger partial charge in [0, 0.05) is 17.0 Å². The number of aromatic nitrogens is 1. The lowest BCUT2D eigenvalue weighted by Crippen LogP contribution is -2.60. The largest absolute Gasteiger partial charge is 0.505 e. The summed E-state index contributed by atoms with van der Waals surface area (Å²) in [7, 11) is 0. The quantitative estimate of drug-likeness (QED) is 0.117. The highest BCUT2D eigenvalue weighted by Crippen LogP contribution is 2.66. The molecule has 0 radical (unpaired) electrons. The molecule has 6 unspecified atom stereocenters. The third-order valence-electron chi connectivity index (χ3n) is 10.9. The Morgan fingerprint density at radius 1 is 0.788 bits per heavy atom. The number of carbonyl (C=O) groups excluding carboxylic acids is 4. The molecule has 13 heteroatoms. The average Bonchev–Trinajstić information content (AvgIpc) is 3.73. The van der Waals surface area contributed by atoms with E-state index in [4.69, 9.17) is 27.6 Å². The van der Waals surface area contributed by atoms with Crippen LogP contribution < -0.4 is 9.80 Å². The van der Waals surface area contributed by atoms with Crippen molar-refractivity contribution in [3.63, 3.8) is 0 Å². The number of anilines is 2. The molecule has 3 fully saturated rings. The minimum Gasteiger partial charge on any atom is -0.505 e. The minimum atomic E-state index is -2.31. The fourth-order valence-electron chi connectivity index (χ4n) is 8.51. The van der Waals surface area contributed by atoms with Gasteiger partial charge in [-0.15, -0.1) is 23.2 Å². The van der Waals surface area contributed by atoms with Crippen LogP contribution in [0.1, 0.15) is 24.3 Å². The third-order valence-corrected chi connectivity index (χ3v) is 12.3. The normalized spacial score (nSPS) is 28.3. The number of carbonyl (C=O) groups is 4. The van der Waals surface area contributed by atoms with Crippen LogP contribution in [0.3, 0.4) is 0 Å². The lowest BCUT2D eigenvalue weighted by atomic mass is 9.56. The highest BCUT2D eigenvalue weighted by Gasteiger charge is 2.77. The van der Waals surface area contributed by atoms with Crippen molar-refractivity contribution in [1.29, 1.82) is 0 Å². The molecule has 1 aromatic heterocycles. The number of para-hydroxylation sites is 3. The molecule has 1 saturated carbocycles. The zero-order valence-electron chi connectivity index (χ0n) is 26.8. The van der Waals surface area contributed by atoms with E-state index in [2.05, 4.69) is 4.98 Å². The molecule has 4 aliphatic rings. The van der Waals surface area contributed by atoms with Crippen LogP contribution in [-0.2, 0) is 19.2 Å². The molecular weight excluding hydrogens is 715 g/mol. The van der Waals surface area contributed by atoms with Gasteiger partial charge in [0.1, 0.15) is 11.3 Å². The van der Waals surface area contributed by atoms with Gasteiger partial charge >= 0.3 is 0 Å². The lowest BCUT2D eigenvalue weighted by Gasteiger charge is -2.50. The van der Waals surface area contributed by atoms with Crippen LogP contribution in [0.15, 0.2) is 107 Å². The number of oxazole rings is 1. The van der Waals surface area contributed by atoms with E-state index in [0.29, 0.717) is 33.8 Å². The summed E-state index contributed by atoms with van der Waals surface area (Å²) in [5.41, 5.74) is 2.49. The second-order valence-electron chi connectivity index (χ2n) is 13.5. The van der Waals surface area contributed by atoms with Gasteiger partial charge in [-0.3, -0.25) is 24.1 Å². The predicted octanol–water partition coefficient (Wildman–Crippen LogP) is 7.25. The van der Waals surface area contributed by atoms with Crippen LogP contribution >= 0.6 is 23.2 Å². The summed E-state index contributed by atoms with van der Waals surface area (Å²) >= 11 is 14.6. The molecule has 1 N–H and O–H groups in total. The molecule has 52 heavy (non-hydrogen) atoms. The Morgan fingerprint density at radius 3 is 2.21 bits per heavy atom. The second kappa shape index (κ2) is 11.3. The summed E-state index contributed by atoms with van der Waals surface area (Å²) in [6, 6.07) is 22.2. The Bertz CT molecular complexity index is 2380. The number of imide groups is 2. The predicted molar refractivity (Wildman–Crippen MR) is 187 cm³/mol. The number of nitrogens with zero attached hydrogens (tertiary/aromatic N) is 3. The lowest BCUT2D eigenvalue weighted by molar-refractivity contribution is -0.125. The molecule has 2 aliphatic carbocycles. The van der Waals surface area contributed by atoms with Crippen LogP contribution in [0, 0.1) is 29.4 Å². The summed E-state index contributed by atoms with van der Waals surface area (Å²) < 4.78 is 34.7. The minimum absolute atomic E-state index is 0.00230. The molecule has 260 valence electrons. The SMILES string of the molecule is O=C1C2CC=C3C(CC4(Cl)C(=O)N(c5ccc(F)cc5)C(=O)C4(Cl)C3c3cccc(F)c3O)C2C(=O)N1c1ccc(-c2nc3ccccc3o2)cc1. The molecule has 6 atom stereocenters. The summed E-state index contributed by atoms with van der Waals surface area (Å²) in [5, 5.41) is 11.0. The Labute approximate surface area is 304 Å². The number of benzene rings is 4. The number of phenolic OH excluding ortho intramolecular Hbond substituents is 1. The number of fused-ring (bicyclic) bond motifs is 5. The van der Waals surface area contributed by atoms with Gasteiger partial charge in [0.2, 0.25) is 17.7 Å². The van der Waals surface area contributed by atoms with Crippen LogP contribution in [0.25, 0.3) is 22.6 Å². The van der Waals surface area contributed by atoms with Gasteiger partial charge in [-0.05, 0) is 85.5 Å². The second-order valence-corrected chi connectivity index (χ2v) is 14.7. The smallest absolute Gasteiger partial charge is 0.258 e. The van der Waals surface area contributed by atoms with Gasteiger partial charge in [-0.25, -0.2) is 18.7 Å². The van der Waals surface area contributed by atoms with Crippen molar-refractivity contribution in [3.05, 3.63) is 120 Å². The molecule has 4 amide bonds. The van der Waals surface area contributed by atoms with E-state index >= 15 is 0 Å². The number of phenols is 1. The molecule has 9 nitrogen and oxygen atoms in total. The number of hydrogen-bond acceptors (Lipinski definition) is 7. The molecule has 0 spiro atoms. The maximum absolute atomic E-state index is 15.0. The topological polar surface area (TPSA) is 121 Å². The van der Waals surface area contributed by atoms with Crippen LogP contribution in [0.5, 0.6) is 5.75 Å². The van der Waals surface area contributed by atoms with E-state index in [1.165, 1.54) is 24.3 Å². The average molecular weight is 741 g/mol. The number of aromatic hydroxyl groups is 1. The van der Waals surface area contributed by atoms with Gasteiger partial charge in [-0.1, -0.05) is 35.9 Å². The fraction of sp³-hybridized carbons (Fsp3) is 0.205. The molecule has 3 heterocycles. The van der Waals surface area contributed by atoms with E-state index in [1.807, 2.05) is 18.2 Å².